The molecule has 0 heterocycles. The first-order valence-electron chi connectivity index (χ1n) is 7.93. The van der Waals surface area contributed by atoms with E-state index in [2.05, 4.69) is 48.2 Å². The zero-order chi connectivity index (χ0) is 13.3. The highest BCUT2D eigenvalue weighted by Gasteiger charge is 2.13. The number of hydrogen-bond donors (Lipinski definition) is 0. The van der Waals surface area contributed by atoms with Gasteiger partial charge >= 0.3 is 0 Å². The van der Waals surface area contributed by atoms with Gasteiger partial charge in [0.2, 0.25) is 0 Å². The summed E-state index contributed by atoms with van der Waals surface area (Å²) in [4.78, 5) is 2.55. The second-order valence-corrected chi connectivity index (χ2v) is 5.49. The fourth-order valence-corrected chi connectivity index (χ4v) is 2.81. The molecule has 1 heteroatoms. The van der Waals surface area contributed by atoms with Gasteiger partial charge in [0, 0.05) is 17.9 Å². The van der Waals surface area contributed by atoms with Crippen LogP contribution < -0.4 is 4.90 Å². The lowest BCUT2D eigenvalue weighted by Crippen LogP contribution is -2.24. The molecule has 2 rings (SSSR count). The normalized spacial score (nSPS) is 15.1. The Kier molecular flexibility index (Phi) is 6.00. The Morgan fingerprint density at radius 2 is 1.84 bits per heavy atom. The first kappa shape index (κ1) is 14.2. The molecule has 0 aromatic heterocycles. The monoisotopic (exact) mass is 257 g/mol. The van der Waals surface area contributed by atoms with E-state index in [0.29, 0.717) is 0 Å². The molecule has 0 atom stereocenters. The summed E-state index contributed by atoms with van der Waals surface area (Å²) in [5.74, 6) is 0. The van der Waals surface area contributed by atoms with Crippen molar-refractivity contribution in [1.82, 2.24) is 0 Å². The highest BCUT2D eigenvalue weighted by molar-refractivity contribution is 5.52. The summed E-state index contributed by atoms with van der Waals surface area (Å²) >= 11 is 0. The van der Waals surface area contributed by atoms with Crippen LogP contribution in [-0.2, 0) is 0 Å². The molecule has 0 radical (unpaired) electrons. The number of allylic oxidation sites excluding steroid dienone is 2. The standard InChI is InChI=1S/C18H27N/c1-2-3-4-11-16-19(17-12-7-5-8-13-17)18-14-9-6-10-15-18/h5,7-8,12-14H,2-4,6,9-11,15-16H2,1H3. The third-order valence-corrected chi connectivity index (χ3v) is 3.92. The first-order chi connectivity index (χ1) is 9.42. The van der Waals surface area contributed by atoms with Crippen LogP contribution in [0.1, 0.15) is 58.3 Å². The Balaban J connectivity index is 2.02. The van der Waals surface area contributed by atoms with Crippen LogP contribution in [0.4, 0.5) is 5.69 Å². The van der Waals surface area contributed by atoms with Gasteiger partial charge in [-0.2, -0.15) is 0 Å². The average Bonchev–Trinajstić information content (AvgIpc) is 2.49. The van der Waals surface area contributed by atoms with E-state index < -0.39 is 0 Å². The molecule has 0 saturated carbocycles. The molecule has 0 saturated heterocycles. The van der Waals surface area contributed by atoms with Crippen LogP contribution in [0.5, 0.6) is 0 Å². The van der Waals surface area contributed by atoms with E-state index in [1.807, 2.05) is 0 Å². The lowest BCUT2D eigenvalue weighted by atomic mass is 10.0. The number of benzene rings is 1. The maximum atomic E-state index is 2.55. The fraction of sp³-hybridized carbons (Fsp3) is 0.556. The van der Waals surface area contributed by atoms with Gasteiger partial charge in [0.05, 0.1) is 0 Å². The molecule has 1 aliphatic carbocycles. The number of para-hydroxylation sites is 1. The highest BCUT2D eigenvalue weighted by Crippen LogP contribution is 2.27. The van der Waals surface area contributed by atoms with E-state index in [1.54, 1.807) is 5.70 Å². The molecule has 0 amide bonds. The molecule has 0 unspecified atom stereocenters. The van der Waals surface area contributed by atoms with E-state index in [9.17, 15) is 0 Å². The van der Waals surface area contributed by atoms with Crippen molar-refractivity contribution in [3.8, 4) is 0 Å². The molecule has 1 nitrogen and oxygen atoms in total. The van der Waals surface area contributed by atoms with E-state index in [4.69, 9.17) is 0 Å². The van der Waals surface area contributed by atoms with Crippen molar-refractivity contribution < 1.29 is 0 Å². The van der Waals surface area contributed by atoms with Gasteiger partial charge in [-0.1, -0.05) is 50.5 Å². The molecule has 104 valence electrons. The molecule has 0 bridgehead atoms. The Labute approximate surface area is 118 Å². The number of nitrogens with zero attached hydrogens (tertiary/aromatic N) is 1. The van der Waals surface area contributed by atoms with Crippen molar-refractivity contribution in [3.63, 3.8) is 0 Å². The maximum Gasteiger partial charge on any atom is 0.0408 e. The average molecular weight is 257 g/mol. The molecule has 0 aliphatic heterocycles. The van der Waals surface area contributed by atoms with Crippen molar-refractivity contribution >= 4 is 5.69 Å². The Morgan fingerprint density at radius 3 is 2.53 bits per heavy atom. The van der Waals surface area contributed by atoms with Crippen LogP contribution in [0.25, 0.3) is 0 Å². The zero-order valence-electron chi connectivity index (χ0n) is 12.3. The third kappa shape index (κ3) is 4.41. The number of unbranched alkanes of at least 4 members (excludes halogenated alkanes) is 3. The van der Waals surface area contributed by atoms with Gasteiger partial charge in [-0.25, -0.2) is 0 Å². The molecular formula is C18H27N. The molecule has 1 aliphatic rings. The number of anilines is 1. The van der Waals surface area contributed by atoms with Crippen LogP contribution >= 0.6 is 0 Å². The quantitative estimate of drug-likeness (QED) is 0.580. The van der Waals surface area contributed by atoms with Gasteiger partial charge in [0.1, 0.15) is 0 Å². The van der Waals surface area contributed by atoms with Crippen LogP contribution in [-0.4, -0.2) is 6.54 Å². The van der Waals surface area contributed by atoms with Gasteiger partial charge in [-0.15, -0.1) is 0 Å². The Morgan fingerprint density at radius 1 is 1.00 bits per heavy atom. The van der Waals surface area contributed by atoms with Crippen LogP contribution in [0.15, 0.2) is 42.1 Å². The molecule has 0 fully saturated rings. The lowest BCUT2D eigenvalue weighted by molar-refractivity contribution is 0.631. The zero-order valence-corrected chi connectivity index (χ0v) is 12.3. The van der Waals surface area contributed by atoms with Gasteiger partial charge in [0.25, 0.3) is 0 Å². The lowest BCUT2D eigenvalue weighted by Gasteiger charge is -2.29. The minimum absolute atomic E-state index is 1.18. The van der Waals surface area contributed by atoms with Crippen molar-refractivity contribution in [1.29, 1.82) is 0 Å². The second-order valence-electron chi connectivity index (χ2n) is 5.49. The maximum absolute atomic E-state index is 2.55. The van der Waals surface area contributed by atoms with Gasteiger partial charge in [-0.05, 0) is 44.2 Å². The summed E-state index contributed by atoms with van der Waals surface area (Å²) in [6.07, 6.45) is 13.0. The molecule has 1 aromatic carbocycles. The third-order valence-electron chi connectivity index (χ3n) is 3.92. The topological polar surface area (TPSA) is 3.24 Å². The minimum Gasteiger partial charge on any atom is -0.345 e. The predicted octanol–water partition coefficient (Wildman–Crippen LogP) is 5.53. The minimum atomic E-state index is 1.18. The molecule has 19 heavy (non-hydrogen) atoms. The summed E-state index contributed by atoms with van der Waals surface area (Å²) in [5, 5.41) is 0. The van der Waals surface area contributed by atoms with Gasteiger partial charge in [-0.3, -0.25) is 0 Å². The van der Waals surface area contributed by atoms with Crippen molar-refractivity contribution in [2.45, 2.75) is 58.3 Å². The SMILES string of the molecule is CCCCCCN(C1=CCCCC1)c1ccccc1. The van der Waals surface area contributed by atoms with Gasteiger partial charge in [0.15, 0.2) is 0 Å². The first-order valence-corrected chi connectivity index (χ1v) is 7.93. The highest BCUT2D eigenvalue weighted by atomic mass is 15.1. The van der Waals surface area contributed by atoms with E-state index in [0.717, 1.165) is 0 Å². The second kappa shape index (κ2) is 8.04. The van der Waals surface area contributed by atoms with Crippen LogP contribution in [0.3, 0.4) is 0 Å². The van der Waals surface area contributed by atoms with Crippen molar-refractivity contribution in [3.05, 3.63) is 42.1 Å². The number of hydrogen-bond acceptors (Lipinski definition) is 1. The summed E-state index contributed by atoms with van der Waals surface area (Å²) in [6, 6.07) is 10.9. The van der Waals surface area contributed by atoms with Crippen LogP contribution in [0, 0.1) is 0 Å². The molecule has 0 spiro atoms. The number of rotatable bonds is 7. The summed E-state index contributed by atoms with van der Waals surface area (Å²) in [6.45, 7) is 3.45. The fourth-order valence-electron chi connectivity index (χ4n) is 2.81. The molecule has 0 N–H and O–H groups in total. The Hall–Kier alpha value is -1.24. The largest absolute Gasteiger partial charge is 0.345 e. The van der Waals surface area contributed by atoms with Crippen LogP contribution in [0.2, 0.25) is 0 Å². The molecular weight excluding hydrogens is 230 g/mol. The summed E-state index contributed by atoms with van der Waals surface area (Å²) < 4.78 is 0. The van der Waals surface area contributed by atoms with E-state index in [1.165, 1.54) is 63.6 Å². The Bertz CT molecular complexity index is 380. The predicted molar refractivity (Wildman–Crippen MR) is 84.5 cm³/mol. The molecule has 1 aromatic rings. The smallest absolute Gasteiger partial charge is 0.0408 e. The summed E-state index contributed by atoms with van der Waals surface area (Å²) in [7, 11) is 0. The van der Waals surface area contributed by atoms with Crippen molar-refractivity contribution in [2.24, 2.45) is 0 Å². The van der Waals surface area contributed by atoms with Crippen molar-refractivity contribution in [2.75, 3.05) is 11.4 Å². The summed E-state index contributed by atoms with van der Waals surface area (Å²) in [5.41, 5.74) is 2.92. The van der Waals surface area contributed by atoms with Gasteiger partial charge < -0.3 is 4.90 Å². The van der Waals surface area contributed by atoms with E-state index >= 15 is 0 Å². The van der Waals surface area contributed by atoms with E-state index in [-0.39, 0.29) is 0 Å².